The van der Waals surface area contributed by atoms with Gasteiger partial charge < -0.3 is 0 Å². The van der Waals surface area contributed by atoms with Crippen LogP contribution >= 0.6 is 0 Å². The van der Waals surface area contributed by atoms with Crippen LogP contribution in [0.4, 0.5) is 0 Å². The normalized spacial score (nSPS) is 26.4. The molecule has 0 spiro atoms. The molecular weight excluding hydrogens is 256 g/mol. The molecule has 0 saturated heterocycles. The molecular formula is C20H20O. The van der Waals surface area contributed by atoms with E-state index in [1.54, 1.807) is 0 Å². The Hall–Kier alpha value is -1.89. The van der Waals surface area contributed by atoms with E-state index in [1.807, 2.05) is 12.1 Å². The Labute approximate surface area is 125 Å². The Balaban J connectivity index is 2.14. The average molecular weight is 276 g/mol. The molecule has 106 valence electrons. The second-order valence-electron chi connectivity index (χ2n) is 7.13. The molecule has 2 aromatic rings. The van der Waals surface area contributed by atoms with Gasteiger partial charge in [-0.1, -0.05) is 64.1 Å². The summed E-state index contributed by atoms with van der Waals surface area (Å²) >= 11 is 0. The zero-order valence-corrected chi connectivity index (χ0v) is 13.0. The lowest BCUT2D eigenvalue weighted by atomic mass is 9.73. The van der Waals surface area contributed by atoms with Crippen LogP contribution in [0.3, 0.4) is 0 Å². The third-order valence-electron chi connectivity index (χ3n) is 6.07. The van der Waals surface area contributed by atoms with E-state index in [1.165, 1.54) is 16.5 Å². The molecule has 4 rings (SSSR count). The second-order valence-corrected chi connectivity index (χ2v) is 7.13. The van der Waals surface area contributed by atoms with Gasteiger partial charge in [-0.15, -0.1) is 0 Å². The van der Waals surface area contributed by atoms with Crippen LogP contribution in [0.2, 0.25) is 0 Å². The SMILES string of the molecule is C[C@H]1C2=C(c3cccc4cccc(c34)C2=O)[C@H](C)C1(C)C. The Bertz CT molecular complexity index is 818. The summed E-state index contributed by atoms with van der Waals surface area (Å²) in [5.41, 5.74) is 4.64. The highest BCUT2D eigenvalue weighted by Gasteiger charge is 2.48. The molecule has 0 N–H and O–H groups in total. The number of fused-ring (bicyclic) bond motifs is 1. The van der Waals surface area contributed by atoms with Crippen LogP contribution in [0.5, 0.6) is 0 Å². The number of Topliss-reactive ketones (excluding diaryl/α,β-unsaturated/α-hetero) is 1. The van der Waals surface area contributed by atoms with Crippen molar-refractivity contribution >= 4 is 22.1 Å². The standard InChI is InChI=1S/C20H20O/c1-11-16-14-9-5-7-13-8-6-10-15(18(13)14)19(21)17(16)12(2)20(11,3)4/h5-12H,1-4H3/t11-,12-/m0/s1. The highest BCUT2D eigenvalue weighted by molar-refractivity contribution is 6.25. The van der Waals surface area contributed by atoms with Gasteiger partial charge in [0, 0.05) is 16.5 Å². The van der Waals surface area contributed by atoms with E-state index in [9.17, 15) is 4.79 Å². The van der Waals surface area contributed by atoms with Crippen LogP contribution in [-0.2, 0) is 0 Å². The van der Waals surface area contributed by atoms with E-state index >= 15 is 0 Å². The minimum Gasteiger partial charge on any atom is -0.289 e. The summed E-state index contributed by atoms with van der Waals surface area (Å²) in [7, 11) is 0. The average Bonchev–Trinajstić information content (AvgIpc) is 2.65. The lowest BCUT2D eigenvalue weighted by molar-refractivity contribution is 0.101. The molecule has 1 heteroatoms. The fourth-order valence-corrected chi connectivity index (χ4v) is 4.18. The maximum absolute atomic E-state index is 13.1. The van der Waals surface area contributed by atoms with E-state index in [-0.39, 0.29) is 11.2 Å². The number of carbonyl (C=O) groups is 1. The molecule has 0 saturated carbocycles. The van der Waals surface area contributed by atoms with E-state index < -0.39 is 0 Å². The maximum Gasteiger partial charge on any atom is 0.190 e. The largest absolute Gasteiger partial charge is 0.289 e. The molecule has 2 aliphatic carbocycles. The lowest BCUT2D eigenvalue weighted by Gasteiger charge is -2.30. The molecule has 0 bridgehead atoms. The fraction of sp³-hybridized carbons (Fsp3) is 0.350. The Morgan fingerprint density at radius 1 is 0.857 bits per heavy atom. The van der Waals surface area contributed by atoms with E-state index in [2.05, 4.69) is 52.0 Å². The zero-order chi connectivity index (χ0) is 14.9. The van der Waals surface area contributed by atoms with Crippen molar-refractivity contribution in [2.24, 2.45) is 17.3 Å². The van der Waals surface area contributed by atoms with Crippen molar-refractivity contribution in [3.63, 3.8) is 0 Å². The molecule has 2 atom stereocenters. The molecule has 0 aliphatic heterocycles. The van der Waals surface area contributed by atoms with Crippen molar-refractivity contribution in [1.29, 1.82) is 0 Å². The van der Waals surface area contributed by atoms with Gasteiger partial charge in [-0.05, 0) is 33.8 Å². The number of hydrogen-bond donors (Lipinski definition) is 0. The van der Waals surface area contributed by atoms with E-state index in [4.69, 9.17) is 0 Å². The zero-order valence-electron chi connectivity index (χ0n) is 13.0. The van der Waals surface area contributed by atoms with Crippen molar-refractivity contribution < 1.29 is 4.79 Å². The predicted octanol–water partition coefficient (Wildman–Crippen LogP) is 5.10. The number of rotatable bonds is 0. The number of carbonyl (C=O) groups excluding carboxylic acids is 1. The van der Waals surface area contributed by atoms with Gasteiger partial charge in [0.05, 0.1) is 0 Å². The smallest absolute Gasteiger partial charge is 0.190 e. The molecule has 0 unspecified atom stereocenters. The third-order valence-corrected chi connectivity index (χ3v) is 6.07. The molecule has 0 amide bonds. The first-order valence-corrected chi connectivity index (χ1v) is 7.75. The lowest BCUT2D eigenvalue weighted by Crippen LogP contribution is -2.25. The summed E-state index contributed by atoms with van der Waals surface area (Å²) in [5, 5.41) is 2.33. The summed E-state index contributed by atoms with van der Waals surface area (Å²) in [6.45, 7) is 9.07. The van der Waals surface area contributed by atoms with Crippen LogP contribution in [-0.4, -0.2) is 5.78 Å². The topological polar surface area (TPSA) is 17.1 Å². The molecule has 21 heavy (non-hydrogen) atoms. The van der Waals surface area contributed by atoms with Gasteiger partial charge >= 0.3 is 0 Å². The van der Waals surface area contributed by atoms with Gasteiger partial charge in [-0.25, -0.2) is 0 Å². The number of allylic oxidation sites excluding steroid dienone is 2. The number of benzene rings is 2. The summed E-state index contributed by atoms with van der Waals surface area (Å²) in [6, 6.07) is 12.5. The van der Waals surface area contributed by atoms with Gasteiger partial charge in [-0.2, -0.15) is 0 Å². The highest BCUT2D eigenvalue weighted by Crippen LogP contribution is 2.57. The van der Waals surface area contributed by atoms with Gasteiger partial charge in [0.15, 0.2) is 5.78 Å². The Kier molecular flexibility index (Phi) is 2.35. The summed E-state index contributed by atoms with van der Waals surface area (Å²) < 4.78 is 0. The summed E-state index contributed by atoms with van der Waals surface area (Å²) in [4.78, 5) is 13.1. The Morgan fingerprint density at radius 3 is 2.10 bits per heavy atom. The van der Waals surface area contributed by atoms with Crippen molar-refractivity contribution in [2.75, 3.05) is 0 Å². The first-order valence-electron chi connectivity index (χ1n) is 7.75. The van der Waals surface area contributed by atoms with Crippen LogP contribution < -0.4 is 0 Å². The quantitative estimate of drug-likeness (QED) is 0.654. The summed E-state index contributed by atoms with van der Waals surface area (Å²) in [5.74, 6) is 0.961. The van der Waals surface area contributed by atoms with Crippen molar-refractivity contribution in [1.82, 2.24) is 0 Å². The minimum absolute atomic E-state index is 0.129. The predicted molar refractivity (Wildman–Crippen MR) is 87.3 cm³/mol. The molecule has 1 nitrogen and oxygen atoms in total. The molecule has 0 fully saturated rings. The van der Waals surface area contributed by atoms with E-state index in [0.29, 0.717) is 11.8 Å². The van der Waals surface area contributed by atoms with Gasteiger partial charge in [0.25, 0.3) is 0 Å². The fourth-order valence-electron chi connectivity index (χ4n) is 4.18. The molecule has 0 radical (unpaired) electrons. The first kappa shape index (κ1) is 12.8. The number of hydrogen-bond acceptors (Lipinski definition) is 1. The Morgan fingerprint density at radius 2 is 1.43 bits per heavy atom. The van der Waals surface area contributed by atoms with Crippen LogP contribution in [0.25, 0.3) is 16.3 Å². The van der Waals surface area contributed by atoms with Crippen LogP contribution in [0, 0.1) is 17.3 Å². The monoisotopic (exact) mass is 276 g/mol. The summed E-state index contributed by atoms with van der Waals surface area (Å²) in [6.07, 6.45) is 0. The maximum atomic E-state index is 13.1. The second kappa shape index (κ2) is 3.85. The molecule has 2 aromatic carbocycles. The van der Waals surface area contributed by atoms with Crippen LogP contribution in [0.1, 0.15) is 43.6 Å². The first-order chi connectivity index (χ1) is 9.94. The van der Waals surface area contributed by atoms with Gasteiger partial charge in [0.2, 0.25) is 0 Å². The van der Waals surface area contributed by atoms with Gasteiger partial charge in [0.1, 0.15) is 0 Å². The molecule has 0 aromatic heterocycles. The van der Waals surface area contributed by atoms with Gasteiger partial charge in [-0.3, -0.25) is 4.79 Å². The number of ketones is 1. The molecule has 2 aliphatic rings. The highest BCUT2D eigenvalue weighted by atomic mass is 16.1. The minimum atomic E-state index is 0.129. The van der Waals surface area contributed by atoms with Crippen molar-refractivity contribution in [3.05, 3.63) is 53.1 Å². The third kappa shape index (κ3) is 1.39. The van der Waals surface area contributed by atoms with Crippen molar-refractivity contribution in [3.8, 4) is 0 Å². The van der Waals surface area contributed by atoms with Crippen LogP contribution in [0.15, 0.2) is 42.0 Å². The van der Waals surface area contributed by atoms with E-state index in [0.717, 1.165) is 16.5 Å². The van der Waals surface area contributed by atoms with Crippen molar-refractivity contribution in [2.45, 2.75) is 27.7 Å². The molecule has 0 heterocycles.